The Balaban J connectivity index is 1.49. The minimum absolute atomic E-state index is 0.0680. The quantitative estimate of drug-likeness (QED) is 0.261. The van der Waals surface area contributed by atoms with Crippen LogP contribution in [0.15, 0.2) is 48.5 Å². The number of benzene rings is 2. The van der Waals surface area contributed by atoms with E-state index in [1.54, 1.807) is 0 Å². The van der Waals surface area contributed by atoms with Crippen molar-refractivity contribution in [3.05, 3.63) is 76.5 Å². The van der Waals surface area contributed by atoms with Crippen LogP contribution >= 0.6 is 0 Å². The first-order valence-corrected chi connectivity index (χ1v) is 14.8. The molecule has 1 fully saturated rings. The number of rotatable bonds is 11. The summed E-state index contributed by atoms with van der Waals surface area (Å²) in [6.45, 7) is 6.69. The molecule has 1 atom stereocenters. The standard InChI is InChI=1S/C34H44N2O3/c1-5-27-29(16-11-15-28(23(2)3)34(38)39-4)30-14-9-10-17-31(30)36-32(27)22-35-33(37)26-20-18-25(19-21-26)24-12-7-6-8-13-24/h9-10,14,17-21,23-24,28H,5-8,11-13,15-16,22H2,1-4H3,(H,35,37)/t28-/m0/s1. The number of para-hydroxylation sites is 1. The Bertz CT molecular complexity index is 1260. The molecule has 0 spiro atoms. The zero-order valence-corrected chi connectivity index (χ0v) is 24.1. The van der Waals surface area contributed by atoms with Crippen LogP contribution in [0.1, 0.15) is 104 Å². The third kappa shape index (κ3) is 7.06. The average Bonchev–Trinajstić information content (AvgIpc) is 2.97. The number of nitrogens with zero attached hydrogens (tertiary/aromatic N) is 1. The van der Waals surface area contributed by atoms with Crippen LogP contribution in [0.2, 0.25) is 0 Å². The summed E-state index contributed by atoms with van der Waals surface area (Å²) < 4.78 is 5.05. The first-order chi connectivity index (χ1) is 18.9. The summed E-state index contributed by atoms with van der Waals surface area (Å²) in [6.07, 6.45) is 9.81. The second-order valence-corrected chi connectivity index (χ2v) is 11.3. The summed E-state index contributed by atoms with van der Waals surface area (Å²) in [5.74, 6) is 0.569. The van der Waals surface area contributed by atoms with Crippen molar-refractivity contribution in [1.29, 1.82) is 0 Å². The molecule has 208 valence electrons. The SMILES string of the molecule is CCc1c(CNC(=O)c2ccc(C3CCCCC3)cc2)nc2ccccc2c1CCC[C@H](C(=O)OC)C(C)C. The van der Waals surface area contributed by atoms with Crippen LogP contribution in [0.25, 0.3) is 10.9 Å². The highest BCUT2D eigenvalue weighted by Crippen LogP contribution is 2.33. The summed E-state index contributed by atoms with van der Waals surface area (Å²) in [5, 5.41) is 4.28. The zero-order chi connectivity index (χ0) is 27.8. The van der Waals surface area contributed by atoms with Crippen molar-refractivity contribution < 1.29 is 14.3 Å². The number of carbonyl (C=O) groups is 2. The van der Waals surface area contributed by atoms with E-state index in [-0.39, 0.29) is 23.7 Å². The number of fused-ring (bicyclic) bond motifs is 1. The van der Waals surface area contributed by atoms with Crippen LogP contribution in [-0.2, 0) is 28.9 Å². The number of ether oxygens (including phenoxy) is 1. The Hall–Kier alpha value is -3.21. The highest BCUT2D eigenvalue weighted by molar-refractivity contribution is 5.94. The first kappa shape index (κ1) is 28.8. The molecule has 4 rings (SSSR count). The van der Waals surface area contributed by atoms with Gasteiger partial charge in [0.15, 0.2) is 0 Å². The second kappa shape index (κ2) is 13.7. The molecule has 0 bridgehead atoms. The molecule has 5 nitrogen and oxygen atoms in total. The van der Waals surface area contributed by atoms with Crippen LogP contribution in [0, 0.1) is 11.8 Å². The lowest BCUT2D eigenvalue weighted by molar-refractivity contribution is -0.147. The van der Waals surface area contributed by atoms with E-state index in [0.717, 1.165) is 42.3 Å². The summed E-state index contributed by atoms with van der Waals surface area (Å²) in [6, 6.07) is 16.4. The van der Waals surface area contributed by atoms with Gasteiger partial charge in [-0.15, -0.1) is 0 Å². The Labute approximate surface area is 233 Å². The maximum absolute atomic E-state index is 13.1. The molecule has 1 aliphatic rings. The topological polar surface area (TPSA) is 68.3 Å². The molecule has 1 saturated carbocycles. The van der Waals surface area contributed by atoms with Crippen LogP contribution in [0.4, 0.5) is 0 Å². The van der Waals surface area contributed by atoms with Crippen LogP contribution in [0.5, 0.6) is 0 Å². The van der Waals surface area contributed by atoms with Crippen LogP contribution in [0.3, 0.4) is 0 Å². The normalized spacial score (nSPS) is 14.9. The number of amides is 1. The van der Waals surface area contributed by atoms with E-state index in [2.05, 4.69) is 50.4 Å². The van der Waals surface area contributed by atoms with Gasteiger partial charge < -0.3 is 10.1 Å². The van der Waals surface area contributed by atoms with Gasteiger partial charge in [-0.2, -0.15) is 0 Å². The summed E-state index contributed by atoms with van der Waals surface area (Å²) in [4.78, 5) is 30.3. The summed E-state index contributed by atoms with van der Waals surface area (Å²) in [5.41, 5.74) is 6.38. The molecular weight excluding hydrogens is 484 g/mol. The van der Waals surface area contributed by atoms with E-state index in [0.29, 0.717) is 18.0 Å². The van der Waals surface area contributed by atoms with E-state index in [1.807, 2.05) is 24.3 Å². The minimum Gasteiger partial charge on any atom is -0.469 e. The van der Waals surface area contributed by atoms with Crippen molar-refractivity contribution in [2.24, 2.45) is 11.8 Å². The Kier molecular flexibility index (Phi) is 10.1. The minimum atomic E-state index is -0.129. The molecule has 1 N–H and O–H groups in total. The second-order valence-electron chi connectivity index (χ2n) is 11.3. The molecule has 0 unspecified atom stereocenters. The fourth-order valence-electron chi connectivity index (χ4n) is 6.21. The van der Waals surface area contributed by atoms with Gasteiger partial charge >= 0.3 is 5.97 Å². The number of nitrogens with one attached hydrogen (secondary N) is 1. The van der Waals surface area contributed by atoms with E-state index < -0.39 is 0 Å². The highest BCUT2D eigenvalue weighted by Gasteiger charge is 2.23. The summed E-state index contributed by atoms with van der Waals surface area (Å²) >= 11 is 0. The van der Waals surface area contributed by atoms with Gasteiger partial charge in [-0.05, 0) is 85.3 Å². The lowest BCUT2D eigenvalue weighted by Gasteiger charge is -2.22. The van der Waals surface area contributed by atoms with Gasteiger partial charge in [-0.3, -0.25) is 14.6 Å². The molecule has 39 heavy (non-hydrogen) atoms. The largest absolute Gasteiger partial charge is 0.469 e. The number of aromatic nitrogens is 1. The van der Waals surface area contributed by atoms with E-state index in [9.17, 15) is 9.59 Å². The predicted molar refractivity (Wildman–Crippen MR) is 158 cm³/mol. The van der Waals surface area contributed by atoms with Crippen molar-refractivity contribution >= 4 is 22.8 Å². The Morgan fingerprint density at radius 2 is 1.72 bits per heavy atom. The number of hydrogen-bond acceptors (Lipinski definition) is 4. The monoisotopic (exact) mass is 528 g/mol. The molecule has 2 aromatic carbocycles. The number of aryl methyl sites for hydroxylation is 1. The molecule has 0 radical (unpaired) electrons. The summed E-state index contributed by atoms with van der Waals surface area (Å²) in [7, 11) is 1.47. The third-order valence-electron chi connectivity index (χ3n) is 8.47. The molecule has 0 saturated heterocycles. The molecular formula is C34H44N2O3. The van der Waals surface area contributed by atoms with Crippen molar-refractivity contribution in [3.8, 4) is 0 Å². The van der Waals surface area contributed by atoms with E-state index >= 15 is 0 Å². The molecule has 0 aliphatic heterocycles. The molecule has 5 heteroatoms. The van der Waals surface area contributed by atoms with Crippen molar-refractivity contribution in [2.45, 2.75) is 91.0 Å². The van der Waals surface area contributed by atoms with Gasteiger partial charge in [0.1, 0.15) is 0 Å². The molecule has 1 aliphatic carbocycles. The molecule has 1 aromatic heterocycles. The lowest BCUT2D eigenvalue weighted by Crippen LogP contribution is -2.24. The lowest BCUT2D eigenvalue weighted by atomic mass is 9.84. The van der Waals surface area contributed by atoms with Gasteiger partial charge in [0.05, 0.1) is 30.8 Å². The molecule has 1 heterocycles. The van der Waals surface area contributed by atoms with Crippen molar-refractivity contribution in [3.63, 3.8) is 0 Å². The van der Waals surface area contributed by atoms with Crippen molar-refractivity contribution in [2.75, 3.05) is 7.11 Å². The van der Waals surface area contributed by atoms with Gasteiger partial charge in [-0.25, -0.2) is 0 Å². The van der Waals surface area contributed by atoms with Gasteiger partial charge in [0.2, 0.25) is 0 Å². The number of hydrogen-bond donors (Lipinski definition) is 1. The van der Waals surface area contributed by atoms with E-state index in [4.69, 9.17) is 9.72 Å². The first-order valence-electron chi connectivity index (χ1n) is 14.8. The number of esters is 1. The van der Waals surface area contributed by atoms with Crippen molar-refractivity contribution in [1.82, 2.24) is 10.3 Å². The maximum atomic E-state index is 13.1. The number of pyridine rings is 1. The van der Waals surface area contributed by atoms with Gasteiger partial charge in [0, 0.05) is 10.9 Å². The fourth-order valence-corrected chi connectivity index (χ4v) is 6.21. The van der Waals surface area contributed by atoms with Crippen LogP contribution in [-0.4, -0.2) is 24.0 Å². The fraction of sp³-hybridized carbons (Fsp3) is 0.500. The van der Waals surface area contributed by atoms with Gasteiger partial charge in [-0.1, -0.05) is 70.4 Å². The number of carbonyl (C=O) groups excluding carboxylic acids is 2. The average molecular weight is 529 g/mol. The molecule has 3 aromatic rings. The molecule has 1 amide bonds. The smallest absolute Gasteiger partial charge is 0.308 e. The van der Waals surface area contributed by atoms with Gasteiger partial charge in [0.25, 0.3) is 5.91 Å². The Morgan fingerprint density at radius 3 is 2.38 bits per heavy atom. The predicted octanol–water partition coefficient (Wildman–Crippen LogP) is 7.54. The van der Waals surface area contributed by atoms with E-state index in [1.165, 1.54) is 55.9 Å². The van der Waals surface area contributed by atoms with Crippen LogP contribution < -0.4 is 5.32 Å². The number of methoxy groups -OCH3 is 1. The Morgan fingerprint density at radius 1 is 1.00 bits per heavy atom. The maximum Gasteiger partial charge on any atom is 0.308 e. The third-order valence-corrected chi connectivity index (χ3v) is 8.47. The highest BCUT2D eigenvalue weighted by atomic mass is 16.5. The zero-order valence-electron chi connectivity index (χ0n) is 24.1.